The smallest absolute Gasteiger partial charge is 0.256 e. The minimum absolute atomic E-state index is 0. The van der Waals surface area contributed by atoms with Crippen LogP contribution in [0.3, 0.4) is 0 Å². The number of rotatable bonds is 6. The third kappa shape index (κ3) is 5.42. The molecule has 24 heavy (non-hydrogen) atoms. The fourth-order valence-corrected chi connectivity index (χ4v) is 2.78. The molecule has 1 heterocycles. The molecule has 1 aromatic carbocycles. The number of thioether (sulfide) groups is 1. The van der Waals surface area contributed by atoms with Crippen LogP contribution in [-0.2, 0) is 37.5 Å². The fourth-order valence-electron chi connectivity index (χ4n) is 2.33. The molecule has 1 atom stereocenters. The van der Waals surface area contributed by atoms with Gasteiger partial charge in [0.2, 0.25) is 5.91 Å². The largest absolute Gasteiger partial charge is 0.483 e. The van der Waals surface area contributed by atoms with Gasteiger partial charge in [-0.15, -0.1) is 46.3 Å². The van der Waals surface area contributed by atoms with E-state index in [1.807, 2.05) is 19.2 Å². The van der Waals surface area contributed by atoms with E-state index in [4.69, 9.17) is 16.3 Å². The first kappa shape index (κ1) is 21.9. The molecule has 0 bridgehead atoms. The van der Waals surface area contributed by atoms with E-state index < -0.39 is 24.3 Å². The van der Waals surface area contributed by atoms with Crippen molar-refractivity contribution in [1.82, 2.24) is 4.90 Å². The summed E-state index contributed by atoms with van der Waals surface area (Å²) in [6.07, 6.45) is 2.49. The first-order valence-electron chi connectivity index (χ1n) is 7.01. The number of halogens is 3. The summed E-state index contributed by atoms with van der Waals surface area (Å²) < 4.78 is 31.1. The predicted octanol–water partition coefficient (Wildman–Crippen LogP) is 3.94. The Morgan fingerprint density at radius 2 is 2.21 bits per heavy atom. The van der Waals surface area contributed by atoms with Crippen LogP contribution in [0.4, 0.5) is 8.78 Å². The monoisotopic (exact) mass is 449 g/mol. The summed E-state index contributed by atoms with van der Waals surface area (Å²) >= 11 is 7.44. The summed E-state index contributed by atoms with van der Waals surface area (Å²) in [5.74, 6) is 0.708. The molecule has 2 rings (SSSR count). The van der Waals surface area contributed by atoms with Gasteiger partial charge in [-0.25, -0.2) is 14.9 Å². The first-order chi connectivity index (χ1) is 10.9. The average molecular weight is 450 g/mol. The van der Waals surface area contributed by atoms with Crippen molar-refractivity contribution in [1.29, 1.82) is 0 Å². The molecule has 3 nitrogen and oxygen atoms in total. The van der Waals surface area contributed by atoms with Crippen LogP contribution in [0.2, 0.25) is 0 Å². The van der Waals surface area contributed by atoms with Crippen molar-refractivity contribution in [2.24, 2.45) is 0 Å². The van der Waals surface area contributed by atoms with Crippen molar-refractivity contribution in [2.45, 2.75) is 25.1 Å². The van der Waals surface area contributed by atoms with E-state index in [1.54, 1.807) is 23.9 Å². The molecule has 1 radical (unpaired) electrons. The van der Waals surface area contributed by atoms with Gasteiger partial charge < -0.3 is 9.64 Å². The molecule has 0 aliphatic carbocycles. The number of allylic oxidation sites excluding steroid dienone is 1. The number of benzene rings is 1. The van der Waals surface area contributed by atoms with Gasteiger partial charge in [-0.1, -0.05) is 13.3 Å². The summed E-state index contributed by atoms with van der Waals surface area (Å²) in [6.45, 7) is 1.16. The second-order valence-electron chi connectivity index (χ2n) is 5.06. The van der Waals surface area contributed by atoms with E-state index >= 15 is 0 Å². The van der Waals surface area contributed by atoms with Gasteiger partial charge in [0.1, 0.15) is 17.1 Å². The molecular weight excluding hydrogens is 433 g/mol. The van der Waals surface area contributed by atoms with Crippen molar-refractivity contribution in [3.63, 3.8) is 0 Å². The van der Waals surface area contributed by atoms with Gasteiger partial charge in [-0.05, 0) is 18.4 Å². The molecule has 0 saturated carbocycles. The number of aryl methyl sites for hydroxylation is 1. The Kier molecular flexibility index (Phi) is 9.20. The van der Waals surface area contributed by atoms with Gasteiger partial charge >= 0.3 is 0 Å². The molecule has 1 aromatic rings. The van der Waals surface area contributed by atoms with E-state index in [-0.39, 0.29) is 39.1 Å². The average Bonchev–Trinajstić information content (AvgIpc) is 2.50. The molecule has 1 aliphatic rings. The number of nitrogens with zero attached hydrogens (tertiary/aromatic N) is 1. The third-order valence-corrected chi connectivity index (χ3v) is 4.06. The Hall–Kier alpha value is -0.166. The SMILES string of the molecule is CSCOc1ccc(C2=[C-]CC(Cl)C(=O)N2CC(F)F)c(C)c1.[Y]. The van der Waals surface area contributed by atoms with Crippen LogP contribution in [0.1, 0.15) is 17.5 Å². The van der Waals surface area contributed by atoms with E-state index in [1.165, 1.54) is 0 Å². The Labute approximate surface area is 175 Å². The zero-order chi connectivity index (χ0) is 17.0. The Morgan fingerprint density at radius 1 is 1.50 bits per heavy atom. The summed E-state index contributed by atoms with van der Waals surface area (Å²) in [4.78, 5) is 13.2. The Bertz CT molecular complexity index is 616. The molecular formula is C16H17ClF2NO2SY-. The third-order valence-electron chi connectivity index (χ3n) is 3.37. The summed E-state index contributed by atoms with van der Waals surface area (Å²) in [5, 5.41) is -0.845. The van der Waals surface area contributed by atoms with Crippen LogP contribution in [0.25, 0.3) is 5.70 Å². The quantitative estimate of drug-likeness (QED) is 0.374. The zero-order valence-electron chi connectivity index (χ0n) is 13.4. The van der Waals surface area contributed by atoms with Gasteiger partial charge in [-0.3, -0.25) is 4.79 Å². The second-order valence-corrected chi connectivity index (χ2v) is 6.40. The Balaban J connectivity index is 0.00000288. The number of carbonyl (C=O) groups is 1. The number of amides is 1. The fraction of sp³-hybridized carbons (Fsp3) is 0.438. The van der Waals surface area contributed by atoms with E-state index in [0.717, 1.165) is 10.5 Å². The molecule has 1 unspecified atom stereocenters. The van der Waals surface area contributed by atoms with Crippen LogP contribution in [0, 0.1) is 13.0 Å². The maximum absolute atomic E-state index is 12.8. The summed E-state index contributed by atoms with van der Waals surface area (Å²) in [5.41, 5.74) is 1.87. The van der Waals surface area contributed by atoms with E-state index in [0.29, 0.717) is 22.9 Å². The van der Waals surface area contributed by atoms with E-state index in [2.05, 4.69) is 6.08 Å². The zero-order valence-corrected chi connectivity index (χ0v) is 17.8. The molecule has 0 spiro atoms. The van der Waals surface area contributed by atoms with E-state index in [9.17, 15) is 13.6 Å². The van der Waals surface area contributed by atoms with Crippen molar-refractivity contribution in [3.05, 3.63) is 35.4 Å². The topological polar surface area (TPSA) is 29.5 Å². The molecule has 1 amide bonds. The minimum atomic E-state index is -2.64. The van der Waals surface area contributed by atoms with Gasteiger partial charge in [0.25, 0.3) is 6.43 Å². The molecule has 8 heteroatoms. The molecule has 0 fully saturated rings. The van der Waals surface area contributed by atoms with Crippen LogP contribution in [0.5, 0.6) is 5.75 Å². The van der Waals surface area contributed by atoms with Gasteiger partial charge in [-0.2, -0.15) is 0 Å². The number of hydrogen-bond donors (Lipinski definition) is 0. The number of alkyl halides is 3. The van der Waals surface area contributed by atoms with Gasteiger partial charge in [0, 0.05) is 32.7 Å². The normalized spacial score (nSPS) is 17.6. The van der Waals surface area contributed by atoms with Gasteiger partial charge in [0.05, 0.1) is 6.54 Å². The second kappa shape index (κ2) is 10.1. The number of carbonyl (C=O) groups excluding carboxylic acids is 1. The van der Waals surface area contributed by atoms with Crippen LogP contribution in [-0.4, -0.2) is 41.3 Å². The molecule has 0 aromatic heterocycles. The number of ether oxygens (including phenoxy) is 1. The summed E-state index contributed by atoms with van der Waals surface area (Å²) in [6, 6.07) is 5.33. The maximum Gasteiger partial charge on any atom is 0.256 e. The molecule has 1 aliphatic heterocycles. The summed E-state index contributed by atoms with van der Waals surface area (Å²) in [7, 11) is 0. The van der Waals surface area contributed by atoms with Crippen LogP contribution < -0.4 is 4.74 Å². The molecule has 0 N–H and O–H groups in total. The van der Waals surface area contributed by atoms with Crippen molar-refractivity contribution >= 4 is 35.0 Å². The number of hydrogen-bond acceptors (Lipinski definition) is 3. The first-order valence-corrected chi connectivity index (χ1v) is 8.84. The standard InChI is InChI=1S/C16H17ClF2NO2S.Y/c1-10-7-11(22-9-23-2)3-4-12(10)14-6-5-13(17)16(21)20(14)8-15(18)19;/h3-4,7,13,15H,5,8-9H2,1-2H3;/q-1;. The minimum Gasteiger partial charge on any atom is -0.483 e. The van der Waals surface area contributed by atoms with Crippen molar-refractivity contribution in [2.75, 3.05) is 18.7 Å². The Morgan fingerprint density at radius 3 is 2.79 bits per heavy atom. The van der Waals surface area contributed by atoms with Gasteiger partial charge in [0.15, 0.2) is 0 Å². The molecule has 0 saturated heterocycles. The maximum atomic E-state index is 12.8. The van der Waals surface area contributed by atoms with Crippen LogP contribution in [0.15, 0.2) is 18.2 Å². The van der Waals surface area contributed by atoms with Crippen LogP contribution >= 0.6 is 23.4 Å². The van der Waals surface area contributed by atoms with Crippen molar-refractivity contribution in [3.8, 4) is 5.75 Å². The molecule has 129 valence electrons. The van der Waals surface area contributed by atoms with Crippen molar-refractivity contribution < 1.29 is 51.0 Å². The predicted molar refractivity (Wildman–Crippen MR) is 88.8 cm³/mol.